The maximum absolute atomic E-state index is 10.5. The Balaban J connectivity index is 2.20. The van der Waals surface area contributed by atoms with E-state index in [1.165, 1.54) is 30.2 Å². The SMILES string of the molecule is O=[N+]([O-])c1ccc(Sc2ncncc2I)cc1. The summed E-state index contributed by atoms with van der Waals surface area (Å²) in [6.07, 6.45) is 3.21. The summed E-state index contributed by atoms with van der Waals surface area (Å²) in [5.74, 6) is 0. The van der Waals surface area contributed by atoms with Crippen molar-refractivity contribution in [2.24, 2.45) is 0 Å². The van der Waals surface area contributed by atoms with Crippen molar-refractivity contribution in [3.05, 3.63) is 50.5 Å². The van der Waals surface area contributed by atoms with Crippen molar-refractivity contribution in [1.29, 1.82) is 0 Å². The van der Waals surface area contributed by atoms with E-state index in [4.69, 9.17) is 0 Å². The number of rotatable bonds is 3. The second kappa shape index (κ2) is 5.41. The van der Waals surface area contributed by atoms with Gasteiger partial charge in [0.05, 0.1) is 8.49 Å². The lowest BCUT2D eigenvalue weighted by Gasteiger charge is -2.01. The topological polar surface area (TPSA) is 68.9 Å². The van der Waals surface area contributed by atoms with Gasteiger partial charge < -0.3 is 0 Å². The minimum absolute atomic E-state index is 0.0896. The van der Waals surface area contributed by atoms with Crippen LogP contribution in [0.5, 0.6) is 0 Å². The molecule has 0 radical (unpaired) electrons. The smallest absolute Gasteiger partial charge is 0.258 e. The van der Waals surface area contributed by atoms with E-state index in [9.17, 15) is 10.1 Å². The highest BCUT2D eigenvalue weighted by atomic mass is 127. The standard InChI is InChI=1S/C10H6IN3O2S/c11-9-5-12-6-13-10(9)17-8-3-1-7(2-4-8)14(15)16/h1-6H. The fourth-order valence-corrected chi connectivity index (χ4v) is 2.50. The first-order valence-electron chi connectivity index (χ1n) is 4.54. The Morgan fingerprint density at radius 1 is 1.29 bits per heavy atom. The zero-order valence-corrected chi connectivity index (χ0v) is 11.4. The predicted octanol–water partition coefficient (Wildman–Crippen LogP) is 3.14. The van der Waals surface area contributed by atoms with E-state index in [2.05, 4.69) is 32.6 Å². The molecule has 1 aromatic carbocycles. The molecule has 0 fully saturated rings. The lowest BCUT2D eigenvalue weighted by Crippen LogP contribution is -1.88. The van der Waals surface area contributed by atoms with Crippen LogP contribution in [0.4, 0.5) is 5.69 Å². The number of nitro groups is 1. The van der Waals surface area contributed by atoms with Crippen molar-refractivity contribution in [2.75, 3.05) is 0 Å². The van der Waals surface area contributed by atoms with Gasteiger partial charge in [-0.3, -0.25) is 10.1 Å². The Morgan fingerprint density at radius 3 is 2.59 bits per heavy atom. The second-order valence-corrected chi connectivity index (χ2v) is 5.25. The molecular formula is C10H6IN3O2S. The van der Waals surface area contributed by atoms with Crippen molar-refractivity contribution in [3.8, 4) is 0 Å². The summed E-state index contributed by atoms with van der Waals surface area (Å²) in [5.41, 5.74) is 0.0896. The van der Waals surface area contributed by atoms with Gasteiger partial charge in [0.1, 0.15) is 11.4 Å². The zero-order chi connectivity index (χ0) is 12.3. The number of nitro benzene ring substituents is 1. The number of hydrogen-bond donors (Lipinski definition) is 0. The van der Waals surface area contributed by atoms with E-state index in [1.807, 2.05) is 0 Å². The quantitative estimate of drug-likeness (QED) is 0.365. The van der Waals surface area contributed by atoms with Gasteiger partial charge in [0.2, 0.25) is 0 Å². The lowest BCUT2D eigenvalue weighted by molar-refractivity contribution is -0.384. The van der Waals surface area contributed by atoms with Crippen LogP contribution in [0.2, 0.25) is 0 Å². The molecule has 0 atom stereocenters. The van der Waals surface area contributed by atoms with Gasteiger partial charge in [-0.1, -0.05) is 11.8 Å². The van der Waals surface area contributed by atoms with Crippen molar-refractivity contribution < 1.29 is 4.92 Å². The molecule has 1 heterocycles. The molecule has 0 amide bonds. The fraction of sp³-hybridized carbons (Fsp3) is 0. The van der Waals surface area contributed by atoms with Gasteiger partial charge in [-0.2, -0.15) is 0 Å². The van der Waals surface area contributed by atoms with E-state index in [1.54, 1.807) is 18.3 Å². The van der Waals surface area contributed by atoms with Crippen LogP contribution in [0, 0.1) is 13.7 Å². The monoisotopic (exact) mass is 359 g/mol. The molecule has 0 unspecified atom stereocenters. The minimum Gasteiger partial charge on any atom is -0.258 e. The highest BCUT2D eigenvalue weighted by Crippen LogP contribution is 2.29. The van der Waals surface area contributed by atoms with Gasteiger partial charge >= 0.3 is 0 Å². The first-order valence-corrected chi connectivity index (χ1v) is 6.44. The van der Waals surface area contributed by atoms with Crippen molar-refractivity contribution in [2.45, 2.75) is 9.92 Å². The number of nitrogens with zero attached hydrogens (tertiary/aromatic N) is 3. The highest BCUT2D eigenvalue weighted by Gasteiger charge is 2.07. The predicted molar refractivity (Wildman–Crippen MR) is 72.0 cm³/mol. The van der Waals surface area contributed by atoms with Crippen LogP contribution in [-0.2, 0) is 0 Å². The summed E-state index contributed by atoms with van der Waals surface area (Å²) in [6, 6.07) is 6.38. The highest BCUT2D eigenvalue weighted by molar-refractivity contribution is 14.1. The molecule has 17 heavy (non-hydrogen) atoms. The van der Waals surface area contributed by atoms with Crippen LogP contribution in [0.1, 0.15) is 0 Å². The number of hydrogen-bond acceptors (Lipinski definition) is 5. The molecule has 0 N–H and O–H groups in total. The molecule has 0 saturated carbocycles. The number of aromatic nitrogens is 2. The summed E-state index contributed by atoms with van der Waals surface area (Å²) < 4.78 is 0.952. The van der Waals surface area contributed by atoms with Crippen LogP contribution < -0.4 is 0 Å². The molecule has 2 aromatic rings. The molecular weight excluding hydrogens is 353 g/mol. The van der Waals surface area contributed by atoms with Gasteiger partial charge in [-0.25, -0.2) is 9.97 Å². The molecule has 0 saturated heterocycles. The summed E-state index contributed by atoms with van der Waals surface area (Å²) in [6.45, 7) is 0. The maximum atomic E-state index is 10.5. The largest absolute Gasteiger partial charge is 0.269 e. The third-order valence-corrected chi connectivity index (χ3v) is 4.08. The average Bonchev–Trinajstić information content (AvgIpc) is 2.33. The Morgan fingerprint density at radius 2 is 2.00 bits per heavy atom. The van der Waals surface area contributed by atoms with E-state index in [0.717, 1.165) is 13.5 Å². The Kier molecular flexibility index (Phi) is 3.89. The second-order valence-electron chi connectivity index (χ2n) is 3.03. The van der Waals surface area contributed by atoms with Crippen LogP contribution in [0.25, 0.3) is 0 Å². The molecule has 7 heteroatoms. The molecule has 0 aliphatic heterocycles. The third kappa shape index (κ3) is 3.13. The molecule has 0 aliphatic rings. The van der Waals surface area contributed by atoms with Crippen molar-refractivity contribution in [3.63, 3.8) is 0 Å². The maximum Gasteiger partial charge on any atom is 0.269 e. The summed E-state index contributed by atoms with van der Waals surface area (Å²) in [7, 11) is 0. The van der Waals surface area contributed by atoms with Gasteiger partial charge in [-0.15, -0.1) is 0 Å². The average molecular weight is 359 g/mol. The van der Waals surface area contributed by atoms with Gasteiger partial charge in [0.15, 0.2) is 0 Å². The third-order valence-electron chi connectivity index (χ3n) is 1.90. The molecule has 86 valence electrons. The van der Waals surface area contributed by atoms with Gasteiger partial charge in [0.25, 0.3) is 5.69 Å². The summed E-state index contributed by atoms with van der Waals surface area (Å²) in [4.78, 5) is 19.0. The van der Waals surface area contributed by atoms with Crippen molar-refractivity contribution >= 4 is 40.0 Å². The summed E-state index contributed by atoms with van der Waals surface area (Å²) in [5, 5.41) is 11.3. The lowest BCUT2D eigenvalue weighted by atomic mass is 10.3. The Labute approximate surface area is 115 Å². The van der Waals surface area contributed by atoms with Crippen LogP contribution in [0.3, 0.4) is 0 Å². The first-order chi connectivity index (χ1) is 8.16. The van der Waals surface area contributed by atoms with Gasteiger partial charge in [0, 0.05) is 23.2 Å². The Bertz CT molecular complexity index is 548. The fourth-order valence-electron chi connectivity index (χ4n) is 1.12. The number of halogens is 1. The molecule has 1 aromatic heterocycles. The normalized spacial score (nSPS) is 10.2. The van der Waals surface area contributed by atoms with E-state index in [-0.39, 0.29) is 5.69 Å². The van der Waals surface area contributed by atoms with E-state index >= 15 is 0 Å². The van der Waals surface area contributed by atoms with Gasteiger partial charge in [-0.05, 0) is 34.7 Å². The number of benzene rings is 1. The Hall–Kier alpha value is -1.22. The first kappa shape index (κ1) is 12.2. The van der Waals surface area contributed by atoms with Crippen LogP contribution in [-0.4, -0.2) is 14.9 Å². The molecule has 0 aliphatic carbocycles. The molecule has 5 nitrogen and oxygen atoms in total. The number of non-ortho nitro benzene ring substituents is 1. The molecule has 0 bridgehead atoms. The molecule has 0 spiro atoms. The molecule has 2 rings (SSSR count). The van der Waals surface area contributed by atoms with E-state index < -0.39 is 4.92 Å². The summed E-state index contributed by atoms with van der Waals surface area (Å²) >= 11 is 3.60. The van der Waals surface area contributed by atoms with E-state index in [0.29, 0.717) is 0 Å². The minimum atomic E-state index is -0.414. The van der Waals surface area contributed by atoms with Crippen molar-refractivity contribution in [1.82, 2.24) is 9.97 Å². The van der Waals surface area contributed by atoms with Crippen LogP contribution >= 0.6 is 34.4 Å². The van der Waals surface area contributed by atoms with Crippen LogP contribution in [0.15, 0.2) is 46.7 Å². The zero-order valence-electron chi connectivity index (χ0n) is 8.41.